The minimum absolute atomic E-state index is 0.00736. The molecule has 0 spiro atoms. The predicted octanol–water partition coefficient (Wildman–Crippen LogP) is 2.21. The fraction of sp³-hybridized carbons (Fsp3) is 0.500. The smallest absolute Gasteiger partial charge is 0.323 e. The minimum Gasteiger partial charge on any atom is -0.494 e. The fourth-order valence-electron chi connectivity index (χ4n) is 1.94. The van der Waals surface area contributed by atoms with Gasteiger partial charge in [-0.1, -0.05) is 6.92 Å². The number of carboxylic acids is 1. The molecule has 1 unspecified atom stereocenters. The Labute approximate surface area is 123 Å². The van der Waals surface area contributed by atoms with Gasteiger partial charge in [-0.3, -0.25) is 14.9 Å². The van der Waals surface area contributed by atoms with Gasteiger partial charge < -0.3 is 15.2 Å². The van der Waals surface area contributed by atoms with Gasteiger partial charge in [0.2, 0.25) is 0 Å². The molecule has 116 valence electrons. The molecule has 7 nitrogen and oxygen atoms in total. The van der Waals surface area contributed by atoms with Crippen molar-refractivity contribution in [2.45, 2.75) is 32.2 Å². The second kappa shape index (κ2) is 7.58. The summed E-state index contributed by atoms with van der Waals surface area (Å²) in [5.74, 6) is -0.360. The summed E-state index contributed by atoms with van der Waals surface area (Å²) in [4.78, 5) is 21.2. The molecule has 0 amide bonds. The Bertz CT molecular complexity index is 489. The third kappa shape index (κ3) is 5.03. The van der Waals surface area contributed by atoms with Gasteiger partial charge in [0, 0.05) is 12.1 Å². The van der Waals surface area contributed by atoms with Crippen LogP contribution in [0.5, 0.6) is 5.75 Å². The Morgan fingerprint density at radius 2 is 2.05 bits per heavy atom. The van der Waals surface area contributed by atoms with Crippen LogP contribution in [0.3, 0.4) is 0 Å². The van der Waals surface area contributed by atoms with E-state index >= 15 is 0 Å². The maximum Gasteiger partial charge on any atom is 0.323 e. The van der Waals surface area contributed by atoms with Crippen molar-refractivity contribution in [2.24, 2.45) is 0 Å². The molecule has 0 aliphatic heterocycles. The van der Waals surface area contributed by atoms with E-state index in [1.54, 1.807) is 6.92 Å². The second-order valence-corrected chi connectivity index (χ2v) is 4.87. The summed E-state index contributed by atoms with van der Waals surface area (Å²) in [6, 6.07) is 5.79. The molecular weight excluding hydrogens is 276 g/mol. The number of carboxylic acid groups (broad SMARTS) is 1. The average Bonchev–Trinajstić information content (AvgIpc) is 2.44. The number of ether oxygens (including phenoxy) is 1. The maximum atomic E-state index is 11.2. The van der Waals surface area contributed by atoms with E-state index in [9.17, 15) is 20.0 Å². The van der Waals surface area contributed by atoms with Gasteiger partial charge in [0.25, 0.3) is 5.69 Å². The first-order valence-corrected chi connectivity index (χ1v) is 6.74. The number of hydrogen-bond donors (Lipinski definition) is 2. The zero-order valence-electron chi connectivity index (χ0n) is 12.2. The van der Waals surface area contributed by atoms with Crippen LogP contribution in [0.4, 0.5) is 5.69 Å². The molecule has 1 atom stereocenters. The summed E-state index contributed by atoms with van der Waals surface area (Å²) in [6.45, 7) is 4.43. The van der Waals surface area contributed by atoms with E-state index in [1.165, 1.54) is 24.3 Å². The lowest BCUT2D eigenvalue weighted by Crippen LogP contribution is -2.49. The van der Waals surface area contributed by atoms with Crippen molar-refractivity contribution in [1.82, 2.24) is 5.32 Å². The minimum atomic E-state index is -0.965. The molecule has 0 saturated heterocycles. The van der Waals surface area contributed by atoms with Crippen LogP contribution in [0.25, 0.3) is 0 Å². The molecule has 0 aliphatic rings. The van der Waals surface area contributed by atoms with Crippen LogP contribution in [0.1, 0.15) is 26.7 Å². The number of benzene rings is 1. The average molecular weight is 296 g/mol. The highest BCUT2D eigenvalue weighted by Crippen LogP contribution is 2.18. The van der Waals surface area contributed by atoms with E-state index in [1.807, 2.05) is 6.92 Å². The Balaban J connectivity index is 2.42. The first-order chi connectivity index (χ1) is 9.89. The number of hydrogen-bond acceptors (Lipinski definition) is 5. The van der Waals surface area contributed by atoms with Gasteiger partial charge in [-0.05, 0) is 38.4 Å². The molecular formula is C14H20N2O5. The summed E-state index contributed by atoms with van der Waals surface area (Å²) >= 11 is 0. The first kappa shape index (κ1) is 16.9. The molecule has 21 heavy (non-hydrogen) atoms. The Kier molecular flexibility index (Phi) is 6.10. The Hall–Kier alpha value is -2.15. The van der Waals surface area contributed by atoms with E-state index in [2.05, 4.69) is 5.32 Å². The van der Waals surface area contributed by atoms with Crippen LogP contribution in [-0.2, 0) is 4.79 Å². The first-order valence-electron chi connectivity index (χ1n) is 6.74. The largest absolute Gasteiger partial charge is 0.494 e. The third-order valence-corrected chi connectivity index (χ3v) is 3.18. The number of nitrogens with one attached hydrogen (secondary N) is 1. The summed E-state index contributed by atoms with van der Waals surface area (Å²) < 4.78 is 5.45. The predicted molar refractivity (Wildman–Crippen MR) is 77.5 cm³/mol. The van der Waals surface area contributed by atoms with Crippen molar-refractivity contribution in [3.8, 4) is 5.75 Å². The van der Waals surface area contributed by atoms with Gasteiger partial charge in [-0.25, -0.2) is 0 Å². The molecule has 0 bridgehead atoms. The van der Waals surface area contributed by atoms with E-state index in [-0.39, 0.29) is 5.69 Å². The lowest BCUT2D eigenvalue weighted by atomic mass is 9.96. The lowest BCUT2D eigenvalue weighted by molar-refractivity contribution is -0.384. The van der Waals surface area contributed by atoms with Gasteiger partial charge in [0.1, 0.15) is 11.3 Å². The number of non-ortho nitro benzene ring substituents is 1. The van der Waals surface area contributed by atoms with Crippen molar-refractivity contribution < 1.29 is 19.6 Å². The second-order valence-electron chi connectivity index (χ2n) is 4.87. The van der Waals surface area contributed by atoms with E-state index in [0.717, 1.165) is 0 Å². The van der Waals surface area contributed by atoms with Gasteiger partial charge in [-0.2, -0.15) is 0 Å². The molecule has 0 aromatic heterocycles. The molecule has 7 heteroatoms. The van der Waals surface area contributed by atoms with Crippen molar-refractivity contribution >= 4 is 11.7 Å². The van der Waals surface area contributed by atoms with Crippen molar-refractivity contribution in [3.63, 3.8) is 0 Å². The van der Waals surface area contributed by atoms with Crippen LogP contribution in [0, 0.1) is 10.1 Å². The monoisotopic (exact) mass is 296 g/mol. The Morgan fingerprint density at radius 1 is 1.43 bits per heavy atom. The zero-order valence-corrected chi connectivity index (χ0v) is 12.2. The molecule has 0 heterocycles. The van der Waals surface area contributed by atoms with Gasteiger partial charge >= 0.3 is 5.97 Å². The standard InChI is InChI=1S/C14H20N2O5/c1-3-15-14(2,13(17)18)9-4-10-21-12-7-5-11(6-8-12)16(19)20/h5-8,15H,3-4,9-10H2,1-2H3,(H,17,18). The summed E-state index contributed by atoms with van der Waals surface area (Å²) in [7, 11) is 0. The van der Waals surface area contributed by atoms with E-state index < -0.39 is 16.4 Å². The van der Waals surface area contributed by atoms with Crippen LogP contribution in [-0.4, -0.2) is 34.7 Å². The number of rotatable bonds is 9. The number of likely N-dealkylation sites (N-methyl/N-ethyl adjacent to an activating group) is 1. The highest BCUT2D eigenvalue weighted by Gasteiger charge is 2.31. The summed E-state index contributed by atoms with van der Waals surface area (Å²) in [5, 5.41) is 22.7. The van der Waals surface area contributed by atoms with Gasteiger partial charge in [0.05, 0.1) is 11.5 Å². The molecule has 0 fully saturated rings. The number of nitrogens with zero attached hydrogens (tertiary/aromatic N) is 1. The highest BCUT2D eigenvalue weighted by atomic mass is 16.6. The van der Waals surface area contributed by atoms with Crippen molar-refractivity contribution in [1.29, 1.82) is 0 Å². The molecule has 0 aliphatic carbocycles. The molecule has 1 aromatic rings. The molecule has 2 N–H and O–H groups in total. The third-order valence-electron chi connectivity index (χ3n) is 3.18. The number of aliphatic carboxylic acids is 1. The number of nitro groups is 1. The van der Waals surface area contributed by atoms with E-state index in [0.29, 0.717) is 31.7 Å². The van der Waals surface area contributed by atoms with Crippen LogP contribution in [0.15, 0.2) is 24.3 Å². The SMILES string of the molecule is CCNC(C)(CCCOc1ccc([N+](=O)[O-])cc1)C(=O)O. The quantitative estimate of drug-likeness (QED) is 0.411. The maximum absolute atomic E-state index is 11.2. The topological polar surface area (TPSA) is 102 Å². The van der Waals surface area contributed by atoms with Crippen LogP contribution in [0.2, 0.25) is 0 Å². The number of nitro benzene ring substituents is 1. The van der Waals surface area contributed by atoms with Crippen molar-refractivity contribution in [3.05, 3.63) is 34.4 Å². The normalized spacial score (nSPS) is 13.4. The molecule has 1 aromatic carbocycles. The lowest BCUT2D eigenvalue weighted by Gasteiger charge is -2.25. The van der Waals surface area contributed by atoms with E-state index in [4.69, 9.17) is 4.74 Å². The number of carbonyl (C=O) groups is 1. The fourth-order valence-corrected chi connectivity index (χ4v) is 1.94. The van der Waals surface area contributed by atoms with Crippen LogP contribution >= 0.6 is 0 Å². The van der Waals surface area contributed by atoms with Crippen molar-refractivity contribution in [2.75, 3.05) is 13.2 Å². The van der Waals surface area contributed by atoms with Crippen LogP contribution < -0.4 is 10.1 Å². The summed E-state index contributed by atoms with van der Waals surface area (Å²) in [5.41, 5.74) is -0.957. The van der Waals surface area contributed by atoms with Gasteiger partial charge in [0.15, 0.2) is 0 Å². The zero-order chi connectivity index (χ0) is 15.9. The highest BCUT2D eigenvalue weighted by molar-refractivity contribution is 5.78. The Morgan fingerprint density at radius 3 is 2.52 bits per heavy atom. The summed E-state index contributed by atoms with van der Waals surface area (Å²) in [6.07, 6.45) is 0.996. The molecule has 0 saturated carbocycles. The van der Waals surface area contributed by atoms with Gasteiger partial charge in [-0.15, -0.1) is 0 Å². The molecule has 1 rings (SSSR count). The molecule has 0 radical (unpaired) electrons.